The van der Waals surface area contributed by atoms with Crippen molar-refractivity contribution in [2.45, 2.75) is 19.3 Å². The number of benzene rings is 1. The van der Waals surface area contributed by atoms with Gasteiger partial charge >= 0.3 is 0 Å². The number of piperidine rings is 1. The Morgan fingerprint density at radius 1 is 1.26 bits per heavy atom. The third-order valence-corrected chi connectivity index (χ3v) is 3.38. The smallest absolute Gasteiger partial charge is 0.238 e. The van der Waals surface area contributed by atoms with Crippen LogP contribution in [0.5, 0.6) is 0 Å². The highest BCUT2D eigenvalue weighted by atomic mass is 16.6. The number of carbonyl (C=O) groups excluding carboxylic acids is 1. The summed E-state index contributed by atoms with van der Waals surface area (Å²) >= 11 is 0. The zero-order valence-electron chi connectivity index (χ0n) is 10.6. The number of fused-ring (bicyclic) bond motifs is 1. The van der Waals surface area contributed by atoms with Gasteiger partial charge in [0.2, 0.25) is 5.91 Å². The van der Waals surface area contributed by atoms with Crippen molar-refractivity contribution in [1.29, 1.82) is 0 Å². The molecule has 1 saturated heterocycles. The Labute approximate surface area is 110 Å². The van der Waals surface area contributed by atoms with Crippen LogP contribution in [0.15, 0.2) is 22.8 Å². The van der Waals surface area contributed by atoms with Crippen molar-refractivity contribution in [1.82, 2.24) is 15.2 Å². The molecule has 1 amide bonds. The summed E-state index contributed by atoms with van der Waals surface area (Å²) in [7, 11) is 0. The van der Waals surface area contributed by atoms with Crippen LogP contribution >= 0.6 is 0 Å². The van der Waals surface area contributed by atoms with Crippen LogP contribution in [0.25, 0.3) is 11.0 Å². The van der Waals surface area contributed by atoms with E-state index in [0.29, 0.717) is 23.3 Å². The number of carbonyl (C=O) groups is 1. The van der Waals surface area contributed by atoms with Crippen molar-refractivity contribution in [3.05, 3.63) is 18.2 Å². The molecule has 1 N–H and O–H groups in total. The molecule has 6 nitrogen and oxygen atoms in total. The Hall–Kier alpha value is -1.95. The van der Waals surface area contributed by atoms with E-state index in [0.717, 1.165) is 13.1 Å². The van der Waals surface area contributed by atoms with E-state index in [-0.39, 0.29) is 5.91 Å². The van der Waals surface area contributed by atoms with Crippen molar-refractivity contribution in [3.63, 3.8) is 0 Å². The number of nitrogens with one attached hydrogen (secondary N) is 1. The molecule has 1 aliphatic heterocycles. The minimum Gasteiger partial charge on any atom is -0.323 e. The monoisotopic (exact) mass is 260 g/mol. The number of rotatable bonds is 3. The normalized spacial score (nSPS) is 16.6. The molecule has 0 spiro atoms. The molecule has 3 rings (SSSR count). The predicted molar refractivity (Wildman–Crippen MR) is 70.7 cm³/mol. The Balaban J connectivity index is 1.67. The molecule has 1 aliphatic rings. The second-order valence-corrected chi connectivity index (χ2v) is 4.82. The molecule has 2 aromatic rings. The van der Waals surface area contributed by atoms with Crippen LogP contribution in [-0.4, -0.2) is 40.8 Å². The summed E-state index contributed by atoms with van der Waals surface area (Å²) in [6.45, 7) is 2.44. The van der Waals surface area contributed by atoms with E-state index in [9.17, 15) is 4.79 Å². The quantitative estimate of drug-likeness (QED) is 0.908. The standard InChI is InChI=1S/C13H16N4O2/c18-12(9-17-7-2-1-3-8-17)14-10-5-4-6-11-13(10)16-19-15-11/h4-6H,1-3,7-9H2,(H,14,18). The van der Waals surface area contributed by atoms with E-state index >= 15 is 0 Å². The first-order valence-electron chi connectivity index (χ1n) is 6.56. The van der Waals surface area contributed by atoms with E-state index in [2.05, 4.69) is 25.2 Å². The molecule has 100 valence electrons. The number of hydrogen-bond donors (Lipinski definition) is 1. The number of amides is 1. The van der Waals surface area contributed by atoms with Crippen molar-refractivity contribution in [2.24, 2.45) is 0 Å². The molecule has 19 heavy (non-hydrogen) atoms. The summed E-state index contributed by atoms with van der Waals surface area (Å²) in [5.41, 5.74) is 1.89. The highest BCUT2D eigenvalue weighted by Gasteiger charge is 2.15. The van der Waals surface area contributed by atoms with Gasteiger partial charge < -0.3 is 5.32 Å². The van der Waals surface area contributed by atoms with Gasteiger partial charge in [-0.25, -0.2) is 4.63 Å². The largest absolute Gasteiger partial charge is 0.323 e. The zero-order chi connectivity index (χ0) is 13.1. The second kappa shape index (κ2) is 5.36. The van der Waals surface area contributed by atoms with Crippen molar-refractivity contribution >= 4 is 22.6 Å². The molecule has 1 fully saturated rings. The topological polar surface area (TPSA) is 71.3 Å². The molecule has 2 heterocycles. The number of nitrogens with zero attached hydrogens (tertiary/aromatic N) is 3. The summed E-state index contributed by atoms with van der Waals surface area (Å²) in [6.07, 6.45) is 3.62. The minimum absolute atomic E-state index is 0.0163. The van der Waals surface area contributed by atoms with Crippen LogP contribution in [0.3, 0.4) is 0 Å². The molecule has 0 bridgehead atoms. The third-order valence-electron chi connectivity index (χ3n) is 3.38. The average Bonchev–Trinajstić information content (AvgIpc) is 2.89. The van der Waals surface area contributed by atoms with Crippen LogP contribution in [0, 0.1) is 0 Å². The number of aromatic nitrogens is 2. The first-order chi connectivity index (χ1) is 9.33. The van der Waals surface area contributed by atoms with Gasteiger partial charge in [0.25, 0.3) is 0 Å². The molecule has 0 aliphatic carbocycles. The maximum absolute atomic E-state index is 12.0. The fourth-order valence-electron chi connectivity index (χ4n) is 2.42. The Kier molecular flexibility index (Phi) is 3.41. The molecular weight excluding hydrogens is 244 g/mol. The van der Waals surface area contributed by atoms with Gasteiger partial charge in [-0.3, -0.25) is 9.69 Å². The molecule has 0 unspecified atom stereocenters. The summed E-state index contributed by atoms with van der Waals surface area (Å²) in [5, 5.41) is 10.4. The van der Waals surface area contributed by atoms with E-state index in [1.807, 2.05) is 6.07 Å². The van der Waals surface area contributed by atoms with Gasteiger partial charge in [0.1, 0.15) is 5.52 Å². The van der Waals surface area contributed by atoms with Crippen molar-refractivity contribution < 1.29 is 9.42 Å². The number of hydrogen-bond acceptors (Lipinski definition) is 5. The van der Waals surface area contributed by atoms with E-state index < -0.39 is 0 Å². The number of likely N-dealkylation sites (tertiary alicyclic amines) is 1. The van der Waals surface area contributed by atoms with E-state index in [1.54, 1.807) is 12.1 Å². The second-order valence-electron chi connectivity index (χ2n) is 4.82. The summed E-state index contributed by atoms with van der Waals surface area (Å²) in [5.74, 6) is -0.0163. The molecule has 1 aromatic heterocycles. The lowest BCUT2D eigenvalue weighted by Crippen LogP contribution is -2.36. The van der Waals surface area contributed by atoms with Gasteiger partial charge in [-0.05, 0) is 48.4 Å². The summed E-state index contributed by atoms with van der Waals surface area (Å²) < 4.78 is 4.68. The predicted octanol–water partition coefficient (Wildman–Crippen LogP) is 1.65. The van der Waals surface area contributed by atoms with Crippen molar-refractivity contribution in [3.8, 4) is 0 Å². The lowest BCUT2D eigenvalue weighted by atomic mass is 10.1. The van der Waals surface area contributed by atoms with Crippen molar-refractivity contribution in [2.75, 3.05) is 25.0 Å². The highest BCUT2D eigenvalue weighted by molar-refractivity contribution is 5.99. The first-order valence-corrected chi connectivity index (χ1v) is 6.56. The van der Waals surface area contributed by atoms with Crippen LogP contribution in [-0.2, 0) is 4.79 Å². The average molecular weight is 260 g/mol. The zero-order valence-corrected chi connectivity index (χ0v) is 10.6. The molecule has 6 heteroatoms. The lowest BCUT2D eigenvalue weighted by molar-refractivity contribution is -0.117. The van der Waals surface area contributed by atoms with E-state index in [4.69, 9.17) is 0 Å². The molecule has 0 atom stereocenters. The maximum atomic E-state index is 12.0. The lowest BCUT2D eigenvalue weighted by Gasteiger charge is -2.25. The fraction of sp³-hybridized carbons (Fsp3) is 0.462. The Bertz CT molecular complexity index is 575. The third kappa shape index (κ3) is 2.73. The molecular formula is C13H16N4O2. The summed E-state index contributed by atoms with van der Waals surface area (Å²) in [6, 6.07) is 5.43. The van der Waals surface area contributed by atoms with E-state index in [1.165, 1.54) is 19.3 Å². The molecule has 0 saturated carbocycles. The first kappa shape index (κ1) is 12.1. The van der Waals surface area contributed by atoms with Crippen LogP contribution in [0.4, 0.5) is 5.69 Å². The molecule has 1 aromatic carbocycles. The van der Waals surface area contributed by atoms with Gasteiger partial charge in [-0.1, -0.05) is 12.5 Å². The fourth-order valence-corrected chi connectivity index (χ4v) is 2.42. The van der Waals surface area contributed by atoms with Crippen LogP contribution in [0.1, 0.15) is 19.3 Å². The van der Waals surface area contributed by atoms with Gasteiger partial charge in [0, 0.05) is 0 Å². The Morgan fingerprint density at radius 2 is 2.11 bits per heavy atom. The van der Waals surface area contributed by atoms with Crippen LogP contribution in [0.2, 0.25) is 0 Å². The van der Waals surface area contributed by atoms with Gasteiger partial charge in [0.05, 0.1) is 12.2 Å². The van der Waals surface area contributed by atoms with Gasteiger partial charge in [-0.2, -0.15) is 0 Å². The highest BCUT2D eigenvalue weighted by Crippen LogP contribution is 2.19. The van der Waals surface area contributed by atoms with Gasteiger partial charge in [0.15, 0.2) is 5.52 Å². The minimum atomic E-state index is -0.0163. The van der Waals surface area contributed by atoms with Crippen LogP contribution < -0.4 is 5.32 Å². The SMILES string of the molecule is O=C(CN1CCCCC1)Nc1cccc2nonc12. The molecule has 0 radical (unpaired) electrons. The summed E-state index contributed by atoms with van der Waals surface area (Å²) in [4.78, 5) is 14.2. The van der Waals surface area contributed by atoms with Gasteiger partial charge in [-0.15, -0.1) is 0 Å². The maximum Gasteiger partial charge on any atom is 0.238 e. The number of anilines is 1. The Morgan fingerprint density at radius 3 is 2.95 bits per heavy atom.